The second-order valence-corrected chi connectivity index (χ2v) is 7.68. The number of carbonyl (C=O) groups is 1. The molecule has 1 amide bonds. The van der Waals surface area contributed by atoms with Gasteiger partial charge in [0.1, 0.15) is 5.52 Å². The first kappa shape index (κ1) is 15.5. The highest BCUT2D eigenvalue weighted by atomic mass is 32.2. The van der Waals surface area contributed by atoms with Crippen LogP contribution in [0.15, 0.2) is 27.6 Å². The SMILES string of the molecule is Cc1ccc2oc(C(=O)N3CCN(C4=NC[C@H](C)S4)CC3)cc2n1. The summed E-state index contributed by atoms with van der Waals surface area (Å²) in [6.07, 6.45) is 0. The lowest BCUT2D eigenvalue weighted by atomic mass is 10.3. The van der Waals surface area contributed by atoms with Crippen molar-refractivity contribution in [2.45, 2.75) is 19.1 Å². The summed E-state index contributed by atoms with van der Waals surface area (Å²) >= 11 is 1.83. The van der Waals surface area contributed by atoms with Crippen LogP contribution in [0.5, 0.6) is 0 Å². The van der Waals surface area contributed by atoms with Gasteiger partial charge in [-0.2, -0.15) is 0 Å². The van der Waals surface area contributed by atoms with Gasteiger partial charge >= 0.3 is 0 Å². The van der Waals surface area contributed by atoms with E-state index in [1.807, 2.05) is 35.7 Å². The van der Waals surface area contributed by atoms with Crippen LogP contribution in [-0.2, 0) is 0 Å². The van der Waals surface area contributed by atoms with Crippen molar-refractivity contribution in [2.24, 2.45) is 4.99 Å². The maximum atomic E-state index is 12.7. The highest BCUT2D eigenvalue weighted by Gasteiger charge is 2.28. The molecule has 7 heteroatoms. The molecule has 0 aliphatic carbocycles. The second-order valence-electron chi connectivity index (χ2n) is 6.28. The molecule has 4 heterocycles. The lowest BCUT2D eigenvalue weighted by Crippen LogP contribution is -2.49. The second kappa shape index (κ2) is 6.12. The Morgan fingerprint density at radius 1 is 1.29 bits per heavy atom. The van der Waals surface area contributed by atoms with Crippen molar-refractivity contribution < 1.29 is 9.21 Å². The van der Waals surface area contributed by atoms with Gasteiger partial charge in [0.05, 0.1) is 6.54 Å². The molecule has 0 N–H and O–H groups in total. The maximum Gasteiger partial charge on any atom is 0.289 e. The van der Waals surface area contributed by atoms with Crippen LogP contribution in [0.1, 0.15) is 23.2 Å². The largest absolute Gasteiger partial charge is 0.449 e. The molecule has 6 nitrogen and oxygen atoms in total. The van der Waals surface area contributed by atoms with Crippen LogP contribution >= 0.6 is 11.8 Å². The van der Waals surface area contributed by atoms with Crippen LogP contribution in [-0.4, -0.2) is 63.8 Å². The molecule has 0 bridgehead atoms. The molecule has 2 aromatic heterocycles. The Morgan fingerprint density at radius 3 is 2.79 bits per heavy atom. The average Bonchev–Trinajstić information content (AvgIpc) is 3.20. The van der Waals surface area contributed by atoms with Gasteiger partial charge in [0.25, 0.3) is 5.91 Å². The number of aryl methyl sites for hydroxylation is 1. The molecule has 2 aliphatic heterocycles. The van der Waals surface area contributed by atoms with Crippen molar-refractivity contribution in [3.05, 3.63) is 29.7 Å². The average molecular weight is 344 g/mol. The van der Waals surface area contributed by atoms with E-state index in [2.05, 4.69) is 21.8 Å². The van der Waals surface area contributed by atoms with E-state index in [9.17, 15) is 4.79 Å². The molecular weight excluding hydrogens is 324 g/mol. The number of carbonyl (C=O) groups excluding carboxylic acids is 1. The molecular formula is C17H20N4O2S. The zero-order chi connectivity index (χ0) is 16.7. The Labute approximate surface area is 144 Å². The van der Waals surface area contributed by atoms with Gasteiger partial charge in [-0.05, 0) is 19.1 Å². The van der Waals surface area contributed by atoms with Gasteiger partial charge in [-0.25, -0.2) is 4.98 Å². The van der Waals surface area contributed by atoms with Crippen molar-refractivity contribution in [2.75, 3.05) is 32.7 Å². The predicted octanol–water partition coefficient (Wildman–Crippen LogP) is 2.39. The van der Waals surface area contributed by atoms with E-state index >= 15 is 0 Å². The smallest absolute Gasteiger partial charge is 0.289 e. The maximum absolute atomic E-state index is 12.7. The summed E-state index contributed by atoms with van der Waals surface area (Å²) in [6, 6.07) is 5.50. The van der Waals surface area contributed by atoms with Crippen LogP contribution in [0.2, 0.25) is 0 Å². The Morgan fingerprint density at radius 2 is 2.08 bits per heavy atom. The van der Waals surface area contributed by atoms with Gasteiger partial charge in [0.15, 0.2) is 16.5 Å². The summed E-state index contributed by atoms with van der Waals surface area (Å²) in [6.45, 7) is 8.04. The van der Waals surface area contributed by atoms with Crippen molar-refractivity contribution in [3.63, 3.8) is 0 Å². The minimum Gasteiger partial charge on any atom is -0.449 e. The number of piperazine rings is 1. The fourth-order valence-electron chi connectivity index (χ4n) is 3.02. The van der Waals surface area contributed by atoms with Crippen molar-refractivity contribution in [3.8, 4) is 0 Å². The van der Waals surface area contributed by atoms with Crippen molar-refractivity contribution in [1.82, 2.24) is 14.8 Å². The number of fused-ring (bicyclic) bond motifs is 1. The molecule has 1 atom stereocenters. The first-order valence-electron chi connectivity index (χ1n) is 8.23. The third-order valence-electron chi connectivity index (χ3n) is 4.35. The highest BCUT2D eigenvalue weighted by Crippen LogP contribution is 2.24. The molecule has 24 heavy (non-hydrogen) atoms. The first-order valence-corrected chi connectivity index (χ1v) is 9.10. The van der Waals surface area contributed by atoms with E-state index in [1.54, 1.807) is 6.07 Å². The number of aliphatic imine (C=N–C) groups is 1. The van der Waals surface area contributed by atoms with Gasteiger partial charge in [-0.1, -0.05) is 18.7 Å². The number of pyridine rings is 1. The van der Waals surface area contributed by atoms with Gasteiger partial charge < -0.3 is 14.2 Å². The summed E-state index contributed by atoms with van der Waals surface area (Å²) in [5.41, 5.74) is 2.32. The number of aromatic nitrogens is 1. The third kappa shape index (κ3) is 2.88. The summed E-state index contributed by atoms with van der Waals surface area (Å²) in [7, 11) is 0. The molecule has 1 fully saturated rings. The lowest BCUT2D eigenvalue weighted by Gasteiger charge is -2.35. The van der Waals surface area contributed by atoms with Gasteiger partial charge in [0.2, 0.25) is 0 Å². The fraction of sp³-hybridized carbons (Fsp3) is 0.471. The number of rotatable bonds is 1. The van der Waals surface area contributed by atoms with E-state index in [4.69, 9.17) is 4.42 Å². The summed E-state index contributed by atoms with van der Waals surface area (Å²) in [5.74, 6) is 0.317. The van der Waals surface area contributed by atoms with E-state index in [1.165, 1.54) is 0 Å². The standard InChI is InChI=1S/C17H20N4O2S/c1-11-3-4-14-13(19-11)9-15(23-14)16(22)20-5-7-21(8-6-20)17-18-10-12(2)24-17/h3-4,9,12H,5-8,10H2,1-2H3/t12-/m0/s1. The molecule has 2 aromatic rings. The van der Waals surface area contributed by atoms with Gasteiger partial charge in [-0.3, -0.25) is 9.79 Å². The molecule has 4 rings (SSSR count). The Bertz CT molecular complexity index is 808. The van der Waals surface area contributed by atoms with E-state index in [0.29, 0.717) is 29.7 Å². The topological polar surface area (TPSA) is 61.9 Å². The first-order chi connectivity index (χ1) is 11.6. The molecule has 2 aliphatic rings. The van der Waals surface area contributed by atoms with Crippen LogP contribution < -0.4 is 0 Å². The van der Waals surface area contributed by atoms with Crippen LogP contribution in [0, 0.1) is 6.92 Å². The summed E-state index contributed by atoms with van der Waals surface area (Å²) in [5, 5.41) is 1.68. The van der Waals surface area contributed by atoms with Crippen LogP contribution in [0.3, 0.4) is 0 Å². The van der Waals surface area contributed by atoms with E-state index < -0.39 is 0 Å². The normalized spacial score (nSPS) is 21.4. The van der Waals surface area contributed by atoms with Gasteiger partial charge in [0, 0.05) is 43.2 Å². The van der Waals surface area contributed by atoms with Crippen LogP contribution in [0.25, 0.3) is 11.1 Å². The number of nitrogens with zero attached hydrogens (tertiary/aromatic N) is 4. The number of amidine groups is 1. The minimum atomic E-state index is -0.0558. The zero-order valence-corrected chi connectivity index (χ0v) is 14.7. The van der Waals surface area contributed by atoms with Crippen molar-refractivity contribution >= 4 is 33.9 Å². The van der Waals surface area contributed by atoms with E-state index in [0.717, 1.165) is 36.0 Å². The minimum absolute atomic E-state index is 0.0558. The Kier molecular flexibility index (Phi) is 3.96. The number of furan rings is 1. The number of hydrogen-bond donors (Lipinski definition) is 0. The quantitative estimate of drug-likeness (QED) is 0.795. The monoisotopic (exact) mass is 344 g/mol. The molecule has 0 aromatic carbocycles. The highest BCUT2D eigenvalue weighted by molar-refractivity contribution is 8.14. The summed E-state index contributed by atoms with van der Waals surface area (Å²) in [4.78, 5) is 25.8. The van der Waals surface area contributed by atoms with Gasteiger partial charge in [-0.15, -0.1) is 0 Å². The number of amides is 1. The fourth-order valence-corrected chi connectivity index (χ4v) is 4.01. The third-order valence-corrected chi connectivity index (χ3v) is 5.50. The number of thioether (sulfide) groups is 1. The summed E-state index contributed by atoms with van der Waals surface area (Å²) < 4.78 is 5.68. The molecule has 0 unspecified atom stereocenters. The zero-order valence-electron chi connectivity index (χ0n) is 13.9. The van der Waals surface area contributed by atoms with Crippen LogP contribution in [0.4, 0.5) is 0 Å². The predicted molar refractivity (Wildman–Crippen MR) is 95.6 cm³/mol. The molecule has 126 valence electrons. The molecule has 0 spiro atoms. The Balaban J connectivity index is 1.43. The molecule has 0 saturated carbocycles. The lowest BCUT2D eigenvalue weighted by molar-refractivity contribution is 0.0664. The molecule has 1 saturated heterocycles. The van der Waals surface area contributed by atoms with Crippen molar-refractivity contribution in [1.29, 1.82) is 0 Å². The Hall–Kier alpha value is -2.02. The molecule has 0 radical (unpaired) electrons. The van der Waals surface area contributed by atoms with E-state index in [-0.39, 0.29) is 5.91 Å². The number of hydrogen-bond acceptors (Lipinski definition) is 6.